The van der Waals surface area contributed by atoms with Gasteiger partial charge in [0.25, 0.3) is 0 Å². The van der Waals surface area contributed by atoms with Gasteiger partial charge in [-0.2, -0.15) is 5.10 Å². The van der Waals surface area contributed by atoms with E-state index < -0.39 is 5.41 Å². The zero-order valence-corrected chi connectivity index (χ0v) is 13.5. The Morgan fingerprint density at radius 1 is 1.50 bits per heavy atom. The Bertz CT molecular complexity index is 553. The summed E-state index contributed by atoms with van der Waals surface area (Å²) in [5.41, 5.74) is 0.320. The first-order chi connectivity index (χ1) is 10.3. The van der Waals surface area contributed by atoms with Gasteiger partial charge in [-0.15, -0.1) is 0 Å². The average Bonchev–Trinajstić information content (AvgIpc) is 3.12. The molecule has 0 aliphatic carbocycles. The van der Waals surface area contributed by atoms with Crippen LogP contribution in [0.4, 0.5) is 0 Å². The number of aryl methyl sites for hydroxylation is 1. The molecule has 1 aliphatic rings. The summed E-state index contributed by atoms with van der Waals surface area (Å²) in [7, 11) is 3.21. The third-order valence-electron chi connectivity index (χ3n) is 4.15. The number of carbonyl (C=O) groups is 2. The lowest BCUT2D eigenvalue weighted by Crippen LogP contribution is -2.43. The lowest BCUT2D eigenvalue weighted by Gasteiger charge is -2.24. The fourth-order valence-corrected chi connectivity index (χ4v) is 2.72. The van der Waals surface area contributed by atoms with E-state index in [0.717, 1.165) is 12.1 Å². The minimum Gasteiger partial charge on any atom is -0.469 e. The number of hydrogen-bond donors (Lipinski definition) is 2. The Morgan fingerprint density at radius 3 is 2.82 bits per heavy atom. The zero-order valence-electron chi connectivity index (χ0n) is 13.5. The monoisotopic (exact) mass is 308 g/mol. The van der Waals surface area contributed by atoms with Crippen LogP contribution >= 0.6 is 0 Å². The standard InChI is InChI=1S/C15H24N4O3/c1-15(2,14(21)22-4)9-17-13(20)12-7-16-6-11(12)10-5-18-19(3)8-10/h5,8,11-12,16H,6-7,9H2,1-4H3,(H,17,20)/t11-,12+/m1/s1. The Balaban J connectivity index is 1.98. The maximum Gasteiger partial charge on any atom is 0.313 e. The molecule has 2 atom stereocenters. The number of methoxy groups -OCH3 is 1. The maximum atomic E-state index is 12.5. The van der Waals surface area contributed by atoms with Crippen LogP contribution in [0.15, 0.2) is 12.4 Å². The van der Waals surface area contributed by atoms with Gasteiger partial charge in [0.05, 0.1) is 24.6 Å². The van der Waals surface area contributed by atoms with Gasteiger partial charge in [0.2, 0.25) is 5.91 Å². The topological polar surface area (TPSA) is 85.2 Å². The second kappa shape index (κ2) is 6.48. The molecule has 22 heavy (non-hydrogen) atoms. The first-order valence-corrected chi connectivity index (χ1v) is 7.40. The second-order valence-corrected chi connectivity index (χ2v) is 6.41. The van der Waals surface area contributed by atoms with Gasteiger partial charge in [-0.3, -0.25) is 14.3 Å². The molecule has 7 heteroatoms. The fraction of sp³-hybridized carbons (Fsp3) is 0.667. The van der Waals surface area contributed by atoms with Crippen LogP contribution in [-0.2, 0) is 21.4 Å². The number of amides is 1. The van der Waals surface area contributed by atoms with Crippen molar-refractivity contribution in [1.29, 1.82) is 0 Å². The largest absolute Gasteiger partial charge is 0.469 e. The predicted octanol–water partition coefficient (Wildman–Crippen LogP) is 0.0385. The van der Waals surface area contributed by atoms with Gasteiger partial charge in [0, 0.05) is 38.8 Å². The molecule has 1 saturated heterocycles. The van der Waals surface area contributed by atoms with E-state index in [1.165, 1.54) is 7.11 Å². The van der Waals surface area contributed by atoms with Crippen LogP contribution in [-0.4, -0.2) is 48.4 Å². The van der Waals surface area contributed by atoms with Gasteiger partial charge >= 0.3 is 5.97 Å². The van der Waals surface area contributed by atoms with Crippen LogP contribution in [0.3, 0.4) is 0 Å². The lowest BCUT2D eigenvalue weighted by atomic mass is 9.89. The van der Waals surface area contributed by atoms with Crippen molar-refractivity contribution in [2.75, 3.05) is 26.7 Å². The Morgan fingerprint density at radius 2 is 2.23 bits per heavy atom. The summed E-state index contributed by atoms with van der Waals surface area (Å²) in [6.07, 6.45) is 3.74. The minimum absolute atomic E-state index is 0.0455. The molecule has 122 valence electrons. The molecule has 1 aromatic heterocycles. The molecule has 0 aromatic carbocycles. The first kappa shape index (κ1) is 16.5. The molecule has 0 radical (unpaired) electrons. The smallest absolute Gasteiger partial charge is 0.313 e. The summed E-state index contributed by atoms with van der Waals surface area (Å²) >= 11 is 0. The SMILES string of the molecule is COC(=O)C(C)(C)CNC(=O)[C@H]1CNC[C@@H]1c1cnn(C)c1. The van der Waals surface area contributed by atoms with Crippen LogP contribution in [0.1, 0.15) is 25.3 Å². The van der Waals surface area contributed by atoms with Gasteiger partial charge in [0.15, 0.2) is 0 Å². The van der Waals surface area contributed by atoms with E-state index >= 15 is 0 Å². The van der Waals surface area contributed by atoms with Crippen molar-refractivity contribution in [2.45, 2.75) is 19.8 Å². The predicted molar refractivity (Wildman–Crippen MR) is 81.1 cm³/mol. The summed E-state index contributed by atoms with van der Waals surface area (Å²) in [4.78, 5) is 24.1. The molecule has 1 aromatic rings. The highest BCUT2D eigenvalue weighted by atomic mass is 16.5. The van der Waals surface area contributed by atoms with Crippen molar-refractivity contribution >= 4 is 11.9 Å². The minimum atomic E-state index is -0.736. The van der Waals surface area contributed by atoms with Gasteiger partial charge in [0.1, 0.15) is 0 Å². The van der Waals surface area contributed by atoms with E-state index in [4.69, 9.17) is 4.74 Å². The van der Waals surface area contributed by atoms with Gasteiger partial charge in [-0.1, -0.05) is 0 Å². The third kappa shape index (κ3) is 3.47. The molecular formula is C15H24N4O3. The normalized spacial score (nSPS) is 21.6. The van der Waals surface area contributed by atoms with E-state index in [1.807, 2.05) is 13.2 Å². The van der Waals surface area contributed by atoms with Crippen LogP contribution in [0, 0.1) is 11.3 Å². The molecule has 2 rings (SSSR count). The van der Waals surface area contributed by atoms with Crippen LogP contribution in [0.2, 0.25) is 0 Å². The molecule has 1 fully saturated rings. The van der Waals surface area contributed by atoms with Crippen LogP contribution in [0.25, 0.3) is 0 Å². The van der Waals surface area contributed by atoms with E-state index in [9.17, 15) is 9.59 Å². The molecule has 0 unspecified atom stereocenters. The van der Waals surface area contributed by atoms with Crippen molar-refractivity contribution in [3.8, 4) is 0 Å². The van der Waals surface area contributed by atoms with Crippen LogP contribution < -0.4 is 10.6 Å². The Labute approximate surface area is 130 Å². The highest BCUT2D eigenvalue weighted by molar-refractivity contribution is 5.82. The van der Waals surface area contributed by atoms with Crippen molar-refractivity contribution in [2.24, 2.45) is 18.4 Å². The molecular weight excluding hydrogens is 284 g/mol. The fourth-order valence-electron chi connectivity index (χ4n) is 2.72. The summed E-state index contributed by atoms with van der Waals surface area (Å²) in [5.74, 6) is -0.426. The van der Waals surface area contributed by atoms with E-state index in [2.05, 4.69) is 15.7 Å². The number of nitrogens with one attached hydrogen (secondary N) is 2. The average molecular weight is 308 g/mol. The number of carbonyl (C=O) groups excluding carboxylic acids is 2. The molecule has 0 bridgehead atoms. The number of hydrogen-bond acceptors (Lipinski definition) is 5. The van der Waals surface area contributed by atoms with Gasteiger partial charge in [-0.05, 0) is 19.4 Å². The lowest BCUT2D eigenvalue weighted by molar-refractivity contribution is -0.150. The molecule has 0 spiro atoms. The van der Waals surface area contributed by atoms with Crippen molar-refractivity contribution in [1.82, 2.24) is 20.4 Å². The zero-order chi connectivity index (χ0) is 16.3. The number of rotatable bonds is 5. The highest BCUT2D eigenvalue weighted by Crippen LogP contribution is 2.28. The Kier molecular flexibility index (Phi) is 4.85. The number of aromatic nitrogens is 2. The first-order valence-electron chi connectivity index (χ1n) is 7.40. The number of nitrogens with zero attached hydrogens (tertiary/aromatic N) is 2. The molecule has 0 saturated carbocycles. The third-order valence-corrected chi connectivity index (χ3v) is 4.15. The molecule has 1 aliphatic heterocycles. The summed E-state index contributed by atoms with van der Waals surface area (Å²) < 4.78 is 6.49. The second-order valence-electron chi connectivity index (χ2n) is 6.41. The van der Waals surface area contributed by atoms with E-state index in [-0.39, 0.29) is 30.3 Å². The van der Waals surface area contributed by atoms with Gasteiger partial charge in [-0.25, -0.2) is 0 Å². The van der Waals surface area contributed by atoms with Crippen LogP contribution in [0.5, 0.6) is 0 Å². The summed E-state index contributed by atoms with van der Waals surface area (Å²) in [6.45, 7) is 5.15. The van der Waals surface area contributed by atoms with E-state index in [0.29, 0.717) is 6.54 Å². The molecule has 7 nitrogen and oxygen atoms in total. The highest BCUT2D eigenvalue weighted by Gasteiger charge is 2.36. The van der Waals surface area contributed by atoms with Crippen molar-refractivity contribution < 1.29 is 14.3 Å². The number of esters is 1. The molecule has 1 amide bonds. The molecule has 2 N–H and O–H groups in total. The van der Waals surface area contributed by atoms with E-state index in [1.54, 1.807) is 24.7 Å². The summed E-state index contributed by atoms with van der Waals surface area (Å²) in [5, 5.41) is 10.3. The van der Waals surface area contributed by atoms with Gasteiger partial charge < -0.3 is 15.4 Å². The van der Waals surface area contributed by atoms with Crippen molar-refractivity contribution in [3.05, 3.63) is 18.0 Å². The van der Waals surface area contributed by atoms with Crippen molar-refractivity contribution in [3.63, 3.8) is 0 Å². The summed E-state index contributed by atoms with van der Waals surface area (Å²) in [6, 6.07) is 0. The maximum absolute atomic E-state index is 12.5. The number of ether oxygens (including phenoxy) is 1. The molecule has 2 heterocycles. The Hall–Kier alpha value is -1.89. The quantitative estimate of drug-likeness (QED) is 0.750.